The Morgan fingerprint density at radius 1 is 0.957 bits per heavy atom. The number of hydrogen-bond donors (Lipinski definition) is 1. The average molecular weight is 309 g/mol. The van der Waals surface area contributed by atoms with Crippen molar-refractivity contribution in [2.45, 2.75) is 6.92 Å². The van der Waals surface area contributed by atoms with Crippen LogP contribution in [-0.2, 0) is 0 Å². The molecule has 1 aliphatic heterocycles. The first-order chi connectivity index (χ1) is 11.3. The number of anilines is 2. The summed E-state index contributed by atoms with van der Waals surface area (Å²) in [5.74, 6) is 0.111. The molecule has 0 aliphatic carbocycles. The Balaban J connectivity index is 1.76. The zero-order valence-electron chi connectivity index (χ0n) is 13.5. The summed E-state index contributed by atoms with van der Waals surface area (Å²) in [5.41, 5.74) is 2.59. The number of likely N-dealkylation sites (N-methyl/N-ethyl adjacent to an activating group) is 1. The molecular formula is C19H23N3O. The van der Waals surface area contributed by atoms with Gasteiger partial charge in [0.1, 0.15) is 0 Å². The first-order valence-corrected chi connectivity index (χ1v) is 8.20. The molecule has 1 amide bonds. The molecule has 0 unspecified atom stereocenters. The quantitative estimate of drug-likeness (QED) is 0.942. The minimum absolute atomic E-state index is 0.111. The van der Waals surface area contributed by atoms with Gasteiger partial charge in [0.25, 0.3) is 5.91 Å². The third-order valence-electron chi connectivity index (χ3n) is 4.32. The van der Waals surface area contributed by atoms with Crippen LogP contribution in [0.15, 0.2) is 54.6 Å². The lowest BCUT2D eigenvalue weighted by Crippen LogP contribution is -2.48. The number of rotatable bonds is 4. The second kappa shape index (κ2) is 7.29. The van der Waals surface area contributed by atoms with E-state index in [1.54, 1.807) is 0 Å². The third-order valence-corrected chi connectivity index (χ3v) is 4.32. The summed E-state index contributed by atoms with van der Waals surface area (Å²) in [6, 6.07) is 17.7. The van der Waals surface area contributed by atoms with Crippen LogP contribution in [-0.4, -0.2) is 48.4 Å². The number of nitrogens with zero attached hydrogens (tertiary/aromatic N) is 2. The summed E-state index contributed by atoms with van der Waals surface area (Å²) >= 11 is 0. The molecule has 1 fully saturated rings. The Hall–Kier alpha value is -2.33. The maximum absolute atomic E-state index is 12.9. The second-order valence-electron chi connectivity index (χ2n) is 5.76. The van der Waals surface area contributed by atoms with Gasteiger partial charge < -0.3 is 15.1 Å². The van der Waals surface area contributed by atoms with E-state index in [0.717, 1.165) is 49.7 Å². The number of amides is 1. The van der Waals surface area contributed by atoms with Gasteiger partial charge >= 0.3 is 0 Å². The van der Waals surface area contributed by atoms with E-state index < -0.39 is 0 Å². The van der Waals surface area contributed by atoms with Crippen molar-refractivity contribution in [2.24, 2.45) is 0 Å². The Bertz CT molecular complexity index is 649. The molecule has 3 rings (SSSR count). The molecule has 2 aromatic rings. The minimum Gasteiger partial charge on any atom is -0.355 e. The molecule has 0 atom stereocenters. The number of piperazine rings is 1. The molecule has 0 spiro atoms. The number of benzene rings is 2. The lowest BCUT2D eigenvalue weighted by atomic mass is 10.1. The molecular weight excluding hydrogens is 286 g/mol. The predicted molar refractivity (Wildman–Crippen MR) is 94.2 cm³/mol. The second-order valence-corrected chi connectivity index (χ2v) is 5.76. The summed E-state index contributed by atoms with van der Waals surface area (Å²) in [6.07, 6.45) is 0. The van der Waals surface area contributed by atoms with Crippen LogP contribution in [0, 0.1) is 0 Å². The zero-order chi connectivity index (χ0) is 16.1. The summed E-state index contributed by atoms with van der Waals surface area (Å²) < 4.78 is 0. The van der Waals surface area contributed by atoms with Crippen LogP contribution in [0.4, 0.5) is 11.4 Å². The highest BCUT2D eigenvalue weighted by Gasteiger charge is 2.23. The smallest absolute Gasteiger partial charge is 0.256 e. The average Bonchev–Trinajstić information content (AvgIpc) is 2.62. The van der Waals surface area contributed by atoms with Gasteiger partial charge in [-0.1, -0.05) is 37.3 Å². The molecule has 2 aromatic carbocycles. The van der Waals surface area contributed by atoms with Gasteiger partial charge in [0.2, 0.25) is 0 Å². The molecule has 0 aromatic heterocycles. The number of hydrogen-bond acceptors (Lipinski definition) is 3. The molecule has 120 valence electrons. The van der Waals surface area contributed by atoms with Gasteiger partial charge in [0.05, 0.1) is 11.3 Å². The molecule has 1 aliphatic rings. The molecule has 1 N–H and O–H groups in total. The van der Waals surface area contributed by atoms with Crippen LogP contribution in [0.5, 0.6) is 0 Å². The van der Waals surface area contributed by atoms with E-state index in [0.29, 0.717) is 0 Å². The van der Waals surface area contributed by atoms with Crippen molar-refractivity contribution in [1.29, 1.82) is 0 Å². The van der Waals surface area contributed by atoms with Crippen LogP contribution in [0.1, 0.15) is 17.3 Å². The topological polar surface area (TPSA) is 35.6 Å². The normalized spacial score (nSPS) is 15.4. The minimum atomic E-state index is 0.111. The number of para-hydroxylation sites is 2. The molecule has 4 heteroatoms. The fraction of sp³-hybridized carbons (Fsp3) is 0.316. The Morgan fingerprint density at radius 2 is 1.61 bits per heavy atom. The number of nitrogens with one attached hydrogen (secondary N) is 1. The van der Waals surface area contributed by atoms with Gasteiger partial charge in [0.15, 0.2) is 0 Å². The van der Waals surface area contributed by atoms with Gasteiger partial charge in [-0.05, 0) is 30.8 Å². The highest BCUT2D eigenvalue weighted by molar-refractivity contribution is 6.00. The van der Waals surface area contributed by atoms with Crippen LogP contribution < -0.4 is 5.32 Å². The van der Waals surface area contributed by atoms with Gasteiger partial charge in [-0.3, -0.25) is 4.79 Å². The van der Waals surface area contributed by atoms with E-state index in [1.165, 1.54) is 0 Å². The zero-order valence-corrected chi connectivity index (χ0v) is 13.5. The van der Waals surface area contributed by atoms with Crippen molar-refractivity contribution in [3.8, 4) is 0 Å². The fourth-order valence-electron chi connectivity index (χ4n) is 2.89. The SMILES string of the molecule is CCN1CCN(C(=O)c2ccccc2Nc2ccccc2)CC1. The van der Waals surface area contributed by atoms with Crippen LogP contribution >= 0.6 is 0 Å². The molecule has 0 bridgehead atoms. The Kier molecular flexibility index (Phi) is 4.93. The number of carbonyl (C=O) groups excluding carboxylic acids is 1. The summed E-state index contributed by atoms with van der Waals surface area (Å²) in [4.78, 5) is 17.2. The monoisotopic (exact) mass is 309 g/mol. The largest absolute Gasteiger partial charge is 0.355 e. The molecule has 0 saturated carbocycles. The van der Waals surface area contributed by atoms with Crippen molar-refractivity contribution in [1.82, 2.24) is 9.80 Å². The molecule has 23 heavy (non-hydrogen) atoms. The van der Waals surface area contributed by atoms with E-state index in [2.05, 4.69) is 17.1 Å². The van der Waals surface area contributed by atoms with Gasteiger partial charge in [-0.2, -0.15) is 0 Å². The highest BCUT2D eigenvalue weighted by Crippen LogP contribution is 2.22. The van der Waals surface area contributed by atoms with Gasteiger partial charge in [0, 0.05) is 31.9 Å². The van der Waals surface area contributed by atoms with Crippen molar-refractivity contribution in [2.75, 3.05) is 38.0 Å². The van der Waals surface area contributed by atoms with Crippen LogP contribution in [0.25, 0.3) is 0 Å². The van der Waals surface area contributed by atoms with Gasteiger partial charge in [-0.15, -0.1) is 0 Å². The van der Waals surface area contributed by atoms with Crippen LogP contribution in [0.2, 0.25) is 0 Å². The molecule has 1 saturated heterocycles. The van der Waals surface area contributed by atoms with Crippen molar-refractivity contribution < 1.29 is 4.79 Å². The summed E-state index contributed by atoms with van der Waals surface area (Å²) in [7, 11) is 0. The van der Waals surface area contributed by atoms with Gasteiger partial charge in [-0.25, -0.2) is 0 Å². The molecule has 4 nitrogen and oxygen atoms in total. The lowest BCUT2D eigenvalue weighted by molar-refractivity contribution is 0.0644. The maximum Gasteiger partial charge on any atom is 0.256 e. The third kappa shape index (κ3) is 3.71. The maximum atomic E-state index is 12.9. The summed E-state index contributed by atoms with van der Waals surface area (Å²) in [5, 5.41) is 3.35. The standard InChI is InChI=1S/C19H23N3O/c1-2-21-12-14-22(15-13-21)19(23)17-10-6-7-11-18(17)20-16-8-4-3-5-9-16/h3-11,20H,2,12-15H2,1H3. The summed E-state index contributed by atoms with van der Waals surface area (Å²) in [6.45, 7) is 6.72. The van der Waals surface area contributed by atoms with E-state index >= 15 is 0 Å². The molecule has 1 heterocycles. The van der Waals surface area contributed by atoms with Crippen molar-refractivity contribution >= 4 is 17.3 Å². The van der Waals surface area contributed by atoms with Crippen molar-refractivity contribution in [3.63, 3.8) is 0 Å². The number of carbonyl (C=O) groups is 1. The fourth-order valence-corrected chi connectivity index (χ4v) is 2.89. The first-order valence-electron chi connectivity index (χ1n) is 8.20. The van der Waals surface area contributed by atoms with E-state index in [-0.39, 0.29) is 5.91 Å². The Morgan fingerprint density at radius 3 is 2.30 bits per heavy atom. The first kappa shape index (κ1) is 15.6. The van der Waals surface area contributed by atoms with E-state index in [1.807, 2.05) is 59.5 Å². The van der Waals surface area contributed by atoms with E-state index in [4.69, 9.17) is 0 Å². The highest BCUT2D eigenvalue weighted by atomic mass is 16.2. The van der Waals surface area contributed by atoms with Crippen LogP contribution in [0.3, 0.4) is 0 Å². The molecule has 0 radical (unpaired) electrons. The lowest BCUT2D eigenvalue weighted by Gasteiger charge is -2.34. The van der Waals surface area contributed by atoms with Crippen molar-refractivity contribution in [3.05, 3.63) is 60.2 Å². The van der Waals surface area contributed by atoms with E-state index in [9.17, 15) is 4.79 Å². The Labute approximate surface area is 137 Å². The predicted octanol–water partition coefficient (Wildman–Crippen LogP) is 3.21.